The van der Waals surface area contributed by atoms with Crippen molar-refractivity contribution in [2.45, 2.75) is 0 Å². The van der Waals surface area contributed by atoms with E-state index in [-0.39, 0.29) is 16.3 Å². The first-order valence-corrected chi connectivity index (χ1v) is 8.70. The van der Waals surface area contributed by atoms with Gasteiger partial charge in [-0.3, -0.25) is 25.1 Å². The zero-order valence-electron chi connectivity index (χ0n) is 14.5. The highest BCUT2D eigenvalue weighted by atomic mass is 35.5. The van der Waals surface area contributed by atoms with Crippen LogP contribution in [0.15, 0.2) is 36.5 Å². The minimum absolute atomic E-state index is 0.0490. The van der Waals surface area contributed by atoms with Gasteiger partial charge in [-0.2, -0.15) is 0 Å². The van der Waals surface area contributed by atoms with E-state index in [1.165, 1.54) is 29.3 Å². The summed E-state index contributed by atoms with van der Waals surface area (Å²) < 4.78 is 13.8. The van der Waals surface area contributed by atoms with Gasteiger partial charge < -0.3 is 4.90 Å². The van der Waals surface area contributed by atoms with Crippen LogP contribution >= 0.6 is 11.6 Å². The van der Waals surface area contributed by atoms with Crippen molar-refractivity contribution in [1.29, 1.82) is 0 Å². The fourth-order valence-corrected chi connectivity index (χ4v) is 3.07. The maximum Gasteiger partial charge on any atom is 0.324 e. The summed E-state index contributed by atoms with van der Waals surface area (Å²) in [6, 6.07) is 6.16. The number of nitrogens with zero attached hydrogens (tertiary/aromatic N) is 3. The number of hydrogen-bond donors (Lipinski definition) is 1. The normalized spacial score (nSPS) is 13.9. The van der Waals surface area contributed by atoms with E-state index in [1.54, 1.807) is 6.07 Å². The van der Waals surface area contributed by atoms with E-state index in [4.69, 9.17) is 11.6 Å². The molecule has 0 radical (unpaired) electrons. The number of rotatable bonds is 3. The lowest BCUT2D eigenvalue weighted by Gasteiger charge is -2.30. The third-order valence-corrected chi connectivity index (χ3v) is 4.62. The van der Waals surface area contributed by atoms with Gasteiger partial charge in [0.15, 0.2) is 6.20 Å². The van der Waals surface area contributed by atoms with Crippen LogP contribution in [-0.4, -0.2) is 47.9 Å². The number of carbonyl (C=O) groups is 2. The minimum atomic E-state index is -0.903. The summed E-state index contributed by atoms with van der Waals surface area (Å²) in [5, 5.41) is 12.8. The molecule has 2 aromatic rings. The van der Waals surface area contributed by atoms with E-state index in [9.17, 15) is 24.1 Å². The zero-order chi connectivity index (χ0) is 20.3. The lowest BCUT2D eigenvalue weighted by molar-refractivity contribution is -0.414. The molecule has 0 unspecified atom stereocenters. The molecule has 9 nitrogen and oxygen atoms in total. The van der Waals surface area contributed by atoms with Gasteiger partial charge in [-0.15, -0.1) is 0 Å². The number of nitro groups is 1. The summed E-state index contributed by atoms with van der Waals surface area (Å²) in [5.41, 5.74) is -0.427. The summed E-state index contributed by atoms with van der Waals surface area (Å²) in [7, 11) is 0. The molecule has 146 valence electrons. The number of pyridine rings is 1. The summed E-state index contributed by atoms with van der Waals surface area (Å²) in [6.07, 6.45) is 1.30. The molecule has 0 spiro atoms. The number of benzene rings is 1. The summed E-state index contributed by atoms with van der Waals surface area (Å²) in [5.74, 6) is -1.03. The molecule has 1 saturated heterocycles. The molecular formula is C17H16ClFN5O4+. The molecule has 1 aromatic carbocycles. The largest absolute Gasteiger partial charge is 0.324 e. The number of anilines is 1. The van der Waals surface area contributed by atoms with E-state index in [0.29, 0.717) is 32.0 Å². The quantitative estimate of drug-likeness (QED) is 0.615. The summed E-state index contributed by atoms with van der Waals surface area (Å²) in [4.78, 5) is 40.9. The molecule has 1 aliphatic heterocycles. The van der Waals surface area contributed by atoms with Gasteiger partial charge in [0.25, 0.3) is 11.7 Å². The van der Waals surface area contributed by atoms with Gasteiger partial charge in [-0.1, -0.05) is 17.7 Å². The standard InChI is InChI=1S/C17H15ClFN5O4/c18-12-2-1-3-13(19)15(12)16(25)21-17(26)23-8-6-22(7-9-23)14-5-4-11(10-20-14)24(27)28/h1-5,10H,6-9H2,(H,21,25,26)/p+1. The number of piperazine rings is 1. The minimum Gasteiger partial charge on any atom is -0.317 e. The van der Waals surface area contributed by atoms with Crippen LogP contribution in [0.4, 0.5) is 20.7 Å². The van der Waals surface area contributed by atoms with Gasteiger partial charge >= 0.3 is 11.7 Å². The van der Waals surface area contributed by atoms with Gasteiger partial charge in [-0.05, 0) is 12.1 Å². The van der Waals surface area contributed by atoms with Crippen LogP contribution in [0.2, 0.25) is 5.02 Å². The third kappa shape index (κ3) is 4.17. The molecule has 1 aliphatic rings. The van der Waals surface area contributed by atoms with Crippen LogP contribution < -0.4 is 15.2 Å². The molecule has 3 rings (SSSR count). The Bertz CT molecular complexity index is 896. The lowest BCUT2D eigenvalue weighted by Crippen LogP contribution is -2.53. The first kappa shape index (κ1) is 19.5. The molecule has 11 heteroatoms. The first-order chi connectivity index (χ1) is 13.4. The van der Waals surface area contributed by atoms with Crippen molar-refractivity contribution in [3.05, 3.63) is 63.0 Å². The average Bonchev–Trinajstić information content (AvgIpc) is 2.68. The Kier molecular flexibility index (Phi) is 5.69. The number of urea groups is 1. The van der Waals surface area contributed by atoms with Crippen molar-refractivity contribution in [1.82, 2.24) is 10.2 Å². The Morgan fingerprint density at radius 1 is 1.18 bits per heavy atom. The average molecular weight is 409 g/mol. The van der Waals surface area contributed by atoms with Crippen LogP contribution in [-0.2, 0) is 0 Å². The molecule has 1 aromatic heterocycles. The van der Waals surface area contributed by atoms with Crippen LogP contribution in [0.25, 0.3) is 0 Å². The van der Waals surface area contributed by atoms with Crippen molar-refractivity contribution in [2.24, 2.45) is 0 Å². The lowest BCUT2D eigenvalue weighted by atomic mass is 10.2. The van der Waals surface area contributed by atoms with E-state index in [2.05, 4.69) is 10.3 Å². The third-order valence-electron chi connectivity index (χ3n) is 4.31. The Labute approximate surface area is 163 Å². The molecule has 1 fully saturated rings. The van der Waals surface area contributed by atoms with Crippen LogP contribution in [0, 0.1) is 15.9 Å². The van der Waals surface area contributed by atoms with Crippen molar-refractivity contribution in [3.63, 3.8) is 0 Å². The van der Waals surface area contributed by atoms with Crippen molar-refractivity contribution in [2.75, 3.05) is 31.1 Å². The Balaban J connectivity index is 1.58. The number of halogens is 2. The predicted octanol–water partition coefficient (Wildman–Crippen LogP) is 1.87. The summed E-state index contributed by atoms with van der Waals surface area (Å²) >= 11 is 5.83. The molecule has 0 saturated carbocycles. The molecule has 0 atom stereocenters. The van der Waals surface area contributed by atoms with Crippen molar-refractivity contribution >= 4 is 35.0 Å². The SMILES string of the molecule is O=C(NC(=O)N1CCN(c2ccc([N+](=O)[O-])c[nH+]2)CC1)c1c(F)cccc1Cl. The Morgan fingerprint density at radius 3 is 2.46 bits per heavy atom. The second kappa shape index (κ2) is 8.17. The monoisotopic (exact) mass is 408 g/mol. The number of H-pyrrole nitrogens is 1. The zero-order valence-corrected chi connectivity index (χ0v) is 15.3. The number of aromatic amines is 1. The van der Waals surface area contributed by atoms with Gasteiger partial charge in [-0.25, -0.2) is 14.2 Å². The van der Waals surface area contributed by atoms with E-state index >= 15 is 0 Å². The molecule has 2 heterocycles. The summed E-state index contributed by atoms with van der Waals surface area (Å²) in [6.45, 7) is 1.54. The molecule has 3 amide bonds. The second-order valence-electron chi connectivity index (χ2n) is 6.02. The molecule has 2 N–H and O–H groups in total. The topological polar surface area (TPSA) is 110 Å². The number of imide groups is 1. The number of amides is 3. The highest BCUT2D eigenvalue weighted by Gasteiger charge is 2.28. The fraction of sp³-hybridized carbons (Fsp3) is 0.235. The van der Waals surface area contributed by atoms with Crippen LogP contribution in [0.1, 0.15) is 10.4 Å². The maximum atomic E-state index is 13.8. The smallest absolute Gasteiger partial charge is 0.317 e. The van der Waals surface area contributed by atoms with Crippen molar-refractivity contribution in [3.8, 4) is 0 Å². The van der Waals surface area contributed by atoms with Gasteiger partial charge in [0, 0.05) is 12.1 Å². The molecule has 0 bridgehead atoms. The Morgan fingerprint density at radius 2 is 1.89 bits per heavy atom. The van der Waals surface area contributed by atoms with E-state index < -0.39 is 22.7 Å². The van der Waals surface area contributed by atoms with Crippen LogP contribution in [0.3, 0.4) is 0 Å². The van der Waals surface area contributed by atoms with Gasteiger partial charge in [0.2, 0.25) is 0 Å². The predicted molar refractivity (Wildman–Crippen MR) is 97.7 cm³/mol. The maximum absolute atomic E-state index is 13.8. The fourth-order valence-electron chi connectivity index (χ4n) is 2.82. The van der Waals surface area contributed by atoms with Gasteiger partial charge in [0.1, 0.15) is 18.9 Å². The number of hydrogen-bond acceptors (Lipinski definition) is 5. The number of nitrogens with one attached hydrogen (secondary N) is 2. The van der Waals surface area contributed by atoms with E-state index in [0.717, 1.165) is 6.07 Å². The highest BCUT2D eigenvalue weighted by Crippen LogP contribution is 2.19. The first-order valence-electron chi connectivity index (χ1n) is 8.32. The highest BCUT2D eigenvalue weighted by molar-refractivity contribution is 6.34. The molecule has 28 heavy (non-hydrogen) atoms. The van der Waals surface area contributed by atoms with Crippen LogP contribution in [0.5, 0.6) is 0 Å². The second-order valence-corrected chi connectivity index (χ2v) is 6.43. The molecular weight excluding hydrogens is 393 g/mol. The molecule has 0 aliphatic carbocycles. The van der Waals surface area contributed by atoms with Gasteiger partial charge in [0.05, 0.1) is 28.6 Å². The Hall–Kier alpha value is -3.27. The van der Waals surface area contributed by atoms with E-state index in [1.807, 2.05) is 4.90 Å². The number of carbonyl (C=O) groups excluding carboxylic acids is 2. The van der Waals surface area contributed by atoms with Crippen molar-refractivity contribution < 1.29 is 23.9 Å². The number of aromatic nitrogens is 1.